The number of hydrogen-bond donors (Lipinski definition) is 2. The maximum absolute atomic E-state index is 10.6. The highest BCUT2D eigenvalue weighted by Crippen LogP contribution is 2.32. The predicted octanol–water partition coefficient (Wildman–Crippen LogP) is 4.06. The molecule has 212 valence electrons. The van der Waals surface area contributed by atoms with Crippen LogP contribution in [0.3, 0.4) is 0 Å². The topological polar surface area (TPSA) is 122 Å². The van der Waals surface area contributed by atoms with Gasteiger partial charge in [0.25, 0.3) is 0 Å². The lowest BCUT2D eigenvalue weighted by molar-refractivity contribution is -0.193. The summed E-state index contributed by atoms with van der Waals surface area (Å²) >= 11 is 1.67. The number of aryl methyl sites for hydroxylation is 1. The normalized spacial score (nSPS) is 21.4. The van der Waals surface area contributed by atoms with Crippen molar-refractivity contribution in [3.8, 4) is 0 Å². The Balaban J connectivity index is 0.000000301. The molecular formula is C22H25F6N3O6S. The molecular weight excluding hydrogens is 548 g/mol. The number of fused-ring (bicyclic) bond motifs is 1. The minimum atomic E-state index is -5.08. The second kappa shape index (κ2) is 13.8. The van der Waals surface area contributed by atoms with Crippen molar-refractivity contribution >= 4 is 23.3 Å². The molecule has 2 aromatic heterocycles. The van der Waals surface area contributed by atoms with Gasteiger partial charge in [0.15, 0.2) is 0 Å². The highest BCUT2D eigenvalue weighted by Gasteiger charge is 2.44. The number of carboxylic acids is 2. The summed E-state index contributed by atoms with van der Waals surface area (Å²) in [5, 5.41) is 17.4. The number of rotatable bonds is 5. The number of pyridine rings is 1. The molecule has 3 atom stereocenters. The van der Waals surface area contributed by atoms with E-state index in [1.807, 2.05) is 19.3 Å². The molecule has 2 aliphatic heterocycles. The van der Waals surface area contributed by atoms with E-state index in [1.165, 1.54) is 12.0 Å². The van der Waals surface area contributed by atoms with Crippen LogP contribution in [-0.4, -0.2) is 80.8 Å². The summed E-state index contributed by atoms with van der Waals surface area (Å²) in [5.41, 5.74) is 2.32. The maximum Gasteiger partial charge on any atom is 0.490 e. The van der Waals surface area contributed by atoms with E-state index in [9.17, 15) is 26.3 Å². The Morgan fingerprint density at radius 1 is 1.13 bits per heavy atom. The van der Waals surface area contributed by atoms with Gasteiger partial charge >= 0.3 is 24.3 Å². The molecule has 0 saturated carbocycles. The average Bonchev–Trinajstić information content (AvgIpc) is 3.41. The Labute approximate surface area is 217 Å². The van der Waals surface area contributed by atoms with Crippen LogP contribution in [0.25, 0.3) is 0 Å². The van der Waals surface area contributed by atoms with Gasteiger partial charge in [0.05, 0.1) is 23.4 Å². The maximum atomic E-state index is 10.6. The second-order valence-corrected chi connectivity index (χ2v) is 9.21. The molecule has 16 heteroatoms. The quantitative estimate of drug-likeness (QED) is 0.510. The summed E-state index contributed by atoms with van der Waals surface area (Å²) in [4.78, 5) is 28.9. The zero-order valence-corrected chi connectivity index (χ0v) is 20.7. The Hall–Kier alpha value is -2.82. The van der Waals surface area contributed by atoms with Crippen LogP contribution in [0.5, 0.6) is 0 Å². The Morgan fingerprint density at radius 3 is 2.21 bits per heavy atom. The van der Waals surface area contributed by atoms with Crippen LogP contribution in [0.15, 0.2) is 29.9 Å². The fraction of sp³-hybridized carbons (Fsp3) is 0.545. The van der Waals surface area contributed by atoms with E-state index in [0.717, 1.165) is 36.8 Å². The second-order valence-electron chi connectivity index (χ2n) is 8.14. The molecule has 0 radical (unpaired) electrons. The summed E-state index contributed by atoms with van der Waals surface area (Å²) < 4.78 is 75.8. The van der Waals surface area contributed by atoms with Crippen LogP contribution >= 0.6 is 11.3 Å². The number of aliphatic carboxylic acids is 2. The van der Waals surface area contributed by atoms with Gasteiger partial charge in [-0.1, -0.05) is 0 Å². The minimum Gasteiger partial charge on any atom is -0.475 e. The summed E-state index contributed by atoms with van der Waals surface area (Å²) in [7, 11) is 0. The summed E-state index contributed by atoms with van der Waals surface area (Å²) in [6.07, 6.45) is -3.82. The molecule has 0 aromatic carbocycles. The Morgan fingerprint density at radius 2 is 1.71 bits per heavy atom. The van der Waals surface area contributed by atoms with Gasteiger partial charge in [-0.25, -0.2) is 14.6 Å². The molecule has 38 heavy (non-hydrogen) atoms. The minimum absolute atomic E-state index is 0.124. The third kappa shape index (κ3) is 10.2. The third-order valence-electron chi connectivity index (χ3n) is 5.32. The summed E-state index contributed by atoms with van der Waals surface area (Å²) in [5.74, 6) is -5.51. The molecule has 4 rings (SSSR count). The molecule has 0 amide bonds. The van der Waals surface area contributed by atoms with Crippen LogP contribution in [0.4, 0.5) is 26.3 Å². The molecule has 2 saturated heterocycles. The fourth-order valence-corrected chi connectivity index (χ4v) is 4.32. The Kier molecular flexibility index (Phi) is 11.4. The average molecular weight is 574 g/mol. The van der Waals surface area contributed by atoms with E-state index in [1.54, 1.807) is 11.3 Å². The van der Waals surface area contributed by atoms with E-state index >= 15 is 0 Å². The number of likely N-dealkylation sites (tertiary alicyclic amines) is 1. The van der Waals surface area contributed by atoms with Crippen LogP contribution in [0, 0.1) is 6.92 Å². The molecule has 4 heterocycles. The monoisotopic (exact) mass is 573 g/mol. The first kappa shape index (κ1) is 31.4. The van der Waals surface area contributed by atoms with E-state index in [2.05, 4.69) is 32.4 Å². The van der Waals surface area contributed by atoms with Crippen molar-refractivity contribution in [3.63, 3.8) is 0 Å². The zero-order valence-electron chi connectivity index (χ0n) is 19.9. The van der Waals surface area contributed by atoms with Gasteiger partial charge in [0, 0.05) is 43.5 Å². The SMILES string of the molecule is Cc1nc(CO[C@@H]2CN(Cc3ccncc3)[C@@H]3CCCO[C@@H]32)cs1.O=C(O)C(F)(F)F.O=C(O)C(F)(F)F. The molecule has 2 aromatic rings. The molecule has 2 aliphatic rings. The van der Waals surface area contributed by atoms with Gasteiger partial charge in [-0.3, -0.25) is 9.88 Å². The zero-order chi connectivity index (χ0) is 28.5. The molecule has 2 N–H and O–H groups in total. The highest BCUT2D eigenvalue weighted by atomic mass is 32.1. The van der Waals surface area contributed by atoms with Gasteiger partial charge < -0.3 is 19.7 Å². The van der Waals surface area contributed by atoms with Gasteiger partial charge in [0.2, 0.25) is 0 Å². The lowest BCUT2D eigenvalue weighted by Gasteiger charge is -2.32. The number of aromatic nitrogens is 2. The lowest BCUT2D eigenvalue weighted by Crippen LogP contribution is -2.41. The van der Waals surface area contributed by atoms with Crippen molar-refractivity contribution in [1.82, 2.24) is 14.9 Å². The fourth-order valence-electron chi connectivity index (χ4n) is 3.72. The van der Waals surface area contributed by atoms with Gasteiger partial charge in [-0.15, -0.1) is 11.3 Å². The van der Waals surface area contributed by atoms with E-state index in [0.29, 0.717) is 12.6 Å². The van der Waals surface area contributed by atoms with Crippen molar-refractivity contribution in [2.45, 2.75) is 63.5 Å². The van der Waals surface area contributed by atoms with E-state index in [-0.39, 0.29) is 12.2 Å². The number of carbonyl (C=O) groups is 2. The summed E-state index contributed by atoms with van der Waals surface area (Å²) in [6.45, 7) is 5.30. The number of hydrogen-bond acceptors (Lipinski definition) is 8. The number of carboxylic acid groups (broad SMARTS) is 2. The number of nitrogens with zero attached hydrogens (tertiary/aromatic N) is 3. The van der Waals surface area contributed by atoms with E-state index < -0.39 is 24.3 Å². The van der Waals surface area contributed by atoms with Crippen molar-refractivity contribution in [2.75, 3.05) is 13.2 Å². The van der Waals surface area contributed by atoms with Crippen LogP contribution in [0.2, 0.25) is 0 Å². The highest BCUT2D eigenvalue weighted by molar-refractivity contribution is 7.09. The van der Waals surface area contributed by atoms with Gasteiger partial charge in [0.1, 0.15) is 6.10 Å². The number of ether oxygens (including phenoxy) is 2. The standard InChI is InChI=1S/C18H23N3O2S.2C2HF3O2/c1-13-20-15(12-24-13)11-23-17-10-21(9-14-4-6-19-7-5-14)16-3-2-8-22-18(16)17;2*3-2(4,5)1(6)7/h4-7,12,16-18H,2-3,8-11H2,1H3;2*(H,6,7)/t16-,17-,18+;;/m1../s1. The molecule has 9 nitrogen and oxygen atoms in total. The molecule has 0 bridgehead atoms. The smallest absolute Gasteiger partial charge is 0.475 e. The van der Waals surface area contributed by atoms with Crippen LogP contribution in [-0.2, 0) is 32.2 Å². The largest absolute Gasteiger partial charge is 0.490 e. The van der Waals surface area contributed by atoms with Crippen molar-refractivity contribution in [2.24, 2.45) is 0 Å². The molecule has 0 aliphatic carbocycles. The first-order valence-corrected chi connectivity index (χ1v) is 11.9. The van der Waals surface area contributed by atoms with Crippen LogP contribution in [0.1, 0.15) is 29.1 Å². The number of thiazole rings is 1. The Bertz CT molecular complexity index is 1010. The number of halogens is 6. The predicted molar refractivity (Wildman–Crippen MR) is 120 cm³/mol. The van der Waals surface area contributed by atoms with Crippen molar-refractivity contribution < 1.29 is 55.6 Å². The number of alkyl halides is 6. The van der Waals surface area contributed by atoms with E-state index in [4.69, 9.17) is 29.3 Å². The summed E-state index contributed by atoms with van der Waals surface area (Å²) in [6, 6.07) is 4.63. The molecule has 0 spiro atoms. The first-order valence-electron chi connectivity index (χ1n) is 11.1. The molecule has 0 unspecified atom stereocenters. The first-order chi connectivity index (χ1) is 17.7. The van der Waals surface area contributed by atoms with Gasteiger partial charge in [-0.2, -0.15) is 26.3 Å². The van der Waals surface area contributed by atoms with Crippen molar-refractivity contribution in [1.29, 1.82) is 0 Å². The third-order valence-corrected chi connectivity index (χ3v) is 6.14. The lowest BCUT2D eigenvalue weighted by atomic mass is 10.0. The molecule has 2 fully saturated rings. The van der Waals surface area contributed by atoms with Crippen LogP contribution < -0.4 is 0 Å². The van der Waals surface area contributed by atoms with Gasteiger partial charge in [-0.05, 0) is 37.5 Å². The van der Waals surface area contributed by atoms with Crippen molar-refractivity contribution in [3.05, 3.63) is 46.2 Å².